The number of benzene rings is 1. The topological polar surface area (TPSA) is 68.0 Å². The van der Waals surface area contributed by atoms with Crippen LogP contribution in [0.15, 0.2) is 36.5 Å². The maximum absolute atomic E-state index is 13.5. The fraction of sp³-hybridized carbons (Fsp3) is 0.0769. The average molecular weight is 280 g/mol. The van der Waals surface area contributed by atoms with Crippen molar-refractivity contribution in [2.24, 2.45) is 5.73 Å². The predicted octanol–water partition coefficient (Wildman–Crippen LogP) is 2.59. The van der Waals surface area contributed by atoms with Crippen molar-refractivity contribution in [1.29, 1.82) is 0 Å². The number of nitrogens with two attached hydrogens (primary N) is 1. The van der Waals surface area contributed by atoms with E-state index in [0.29, 0.717) is 12.4 Å². The van der Waals surface area contributed by atoms with E-state index in [1.807, 2.05) is 0 Å². The lowest BCUT2D eigenvalue weighted by Crippen LogP contribution is -2.15. The van der Waals surface area contributed by atoms with E-state index in [9.17, 15) is 9.18 Å². The molecule has 0 unspecified atom stereocenters. The van der Waals surface area contributed by atoms with Crippen LogP contribution in [-0.4, -0.2) is 10.9 Å². The number of rotatable bonds is 3. The third kappa shape index (κ3) is 3.07. The molecular weight excluding hydrogens is 269 g/mol. The molecule has 98 valence electrons. The van der Waals surface area contributed by atoms with E-state index in [1.165, 1.54) is 18.2 Å². The summed E-state index contributed by atoms with van der Waals surface area (Å²) in [6.45, 7) is 0.361. The largest absolute Gasteiger partial charge is 0.326 e. The smallest absolute Gasteiger partial charge is 0.261 e. The summed E-state index contributed by atoms with van der Waals surface area (Å²) in [6.07, 6.45) is 1.54. The molecule has 3 N–H and O–H groups in total. The first-order chi connectivity index (χ1) is 9.11. The summed E-state index contributed by atoms with van der Waals surface area (Å²) in [5, 5.41) is 2.53. The summed E-state index contributed by atoms with van der Waals surface area (Å²) in [4.78, 5) is 15.9. The van der Waals surface area contributed by atoms with Crippen molar-refractivity contribution >= 4 is 23.3 Å². The minimum absolute atomic E-state index is 0.0519. The molecule has 1 heterocycles. The van der Waals surface area contributed by atoms with Crippen molar-refractivity contribution in [2.45, 2.75) is 6.54 Å². The van der Waals surface area contributed by atoms with Crippen LogP contribution in [-0.2, 0) is 6.54 Å². The van der Waals surface area contributed by atoms with E-state index in [-0.39, 0.29) is 10.6 Å². The monoisotopic (exact) mass is 279 g/mol. The number of hydrogen-bond acceptors (Lipinski definition) is 3. The van der Waals surface area contributed by atoms with Crippen LogP contribution in [0, 0.1) is 5.82 Å². The lowest BCUT2D eigenvalue weighted by atomic mass is 10.2. The van der Waals surface area contributed by atoms with Crippen LogP contribution in [0.2, 0.25) is 5.02 Å². The Balaban J connectivity index is 2.21. The quantitative estimate of drug-likeness (QED) is 0.907. The van der Waals surface area contributed by atoms with E-state index >= 15 is 0 Å². The van der Waals surface area contributed by atoms with Crippen molar-refractivity contribution in [2.75, 3.05) is 5.32 Å². The molecule has 1 amide bonds. The molecule has 0 spiro atoms. The van der Waals surface area contributed by atoms with Crippen molar-refractivity contribution in [3.8, 4) is 0 Å². The fourth-order valence-corrected chi connectivity index (χ4v) is 1.76. The van der Waals surface area contributed by atoms with Gasteiger partial charge in [0.2, 0.25) is 0 Å². The van der Waals surface area contributed by atoms with E-state index < -0.39 is 11.7 Å². The highest BCUT2D eigenvalue weighted by Crippen LogP contribution is 2.20. The summed E-state index contributed by atoms with van der Waals surface area (Å²) in [7, 11) is 0. The van der Waals surface area contributed by atoms with Crippen molar-refractivity contribution in [1.82, 2.24) is 4.98 Å². The van der Waals surface area contributed by atoms with Gasteiger partial charge in [-0.25, -0.2) is 9.37 Å². The maximum atomic E-state index is 13.5. The van der Waals surface area contributed by atoms with Gasteiger partial charge in [0.15, 0.2) is 0 Å². The first kappa shape index (κ1) is 13.5. The number of halogens is 2. The minimum atomic E-state index is -0.677. The molecule has 2 aromatic rings. The van der Waals surface area contributed by atoms with Crippen LogP contribution in [0.25, 0.3) is 0 Å². The molecule has 0 atom stereocenters. The van der Waals surface area contributed by atoms with Gasteiger partial charge in [0.05, 0.1) is 10.6 Å². The molecule has 0 saturated heterocycles. The Morgan fingerprint density at radius 1 is 1.37 bits per heavy atom. The number of nitrogens with one attached hydrogen (secondary N) is 1. The molecular formula is C13H11ClFN3O. The summed E-state index contributed by atoms with van der Waals surface area (Å²) in [5.74, 6) is -1.01. The number of nitrogens with zero attached hydrogens (tertiary/aromatic N) is 1. The van der Waals surface area contributed by atoms with Gasteiger partial charge in [-0.2, -0.15) is 0 Å². The fourth-order valence-electron chi connectivity index (χ4n) is 1.51. The molecule has 0 aliphatic carbocycles. The van der Waals surface area contributed by atoms with Crippen molar-refractivity contribution in [3.63, 3.8) is 0 Å². The van der Waals surface area contributed by atoms with E-state index in [0.717, 1.165) is 5.56 Å². The number of pyridine rings is 1. The van der Waals surface area contributed by atoms with Gasteiger partial charge in [0, 0.05) is 12.7 Å². The molecule has 0 fully saturated rings. The number of aromatic nitrogens is 1. The molecule has 19 heavy (non-hydrogen) atoms. The third-order valence-corrected chi connectivity index (χ3v) is 2.81. The number of amides is 1. The molecule has 6 heteroatoms. The zero-order valence-corrected chi connectivity index (χ0v) is 10.6. The van der Waals surface area contributed by atoms with Crippen molar-refractivity contribution in [3.05, 3.63) is 58.5 Å². The van der Waals surface area contributed by atoms with Crippen molar-refractivity contribution < 1.29 is 9.18 Å². The Hall–Kier alpha value is -1.98. The summed E-state index contributed by atoms with van der Waals surface area (Å²) in [5.41, 5.74) is 6.07. The summed E-state index contributed by atoms with van der Waals surface area (Å²) < 4.78 is 13.5. The van der Waals surface area contributed by atoms with Crippen LogP contribution >= 0.6 is 11.6 Å². The Morgan fingerprint density at radius 2 is 2.16 bits per heavy atom. The average Bonchev–Trinajstić information content (AvgIpc) is 2.39. The zero-order valence-electron chi connectivity index (χ0n) is 9.86. The van der Waals surface area contributed by atoms with E-state index in [2.05, 4.69) is 10.3 Å². The highest BCUT2D eigenvalue weighted by Gasteiger charge is 2.16. The van der Waals surface area contributed by atoms with Gasteiger partial charge in [-0.3, -0.25) is 4.79 Å². The normalized spacial score (nSPS) is 10.3. The lowest BCUT2D eigenvalue weighted by Gasteiger charge is -2.07. The summed E-state index contributed by atoms with van der Waals surface area (Å²) in [6, 6.07) is 7.37. The molecule has 4 nitrogen and oxygen atoms in total. The van der Waals surface area contributed by atoms with E-state index in [1.54, 1.807) is 18.3 Å². The first-order valence-corrected chi connectivity index (χ1v) is 5.90. The molecule has 2 rings (SSSR count). The Morgan fingerprint density at radius 3 is 2.74 bits per heavy atom. The molecule has 0 radical (unpaired) electrons. The second-order valence-corrected chi connectivity index (χ2v) is 4.21. The van der Waals surface area contributed by atoms with Crippen LogP contribution < -0.4 is 11.1 Å². The zero-order chi connectivity index (χ0) is 13.8. The molecule has 0 bridgehead atoms. The van der Waals surface area contributed by atoms with Crippen LogP contribution in [0.1, 0.15) is 15.9 Å². The van der Waals surface area contributed by atoms with Gasteiger partial charge < -0.3 is 11.1 Å². The van der Waals surface area contributed by atoms with Gasteiger partial charge in [-0.15, -0.1) is 0 Å². The van der Waals surface area contributed by atoms with Gasteiger partial charge in [-0.05, 0) is 23.8 Å². The SMILES string of the molecule is NCc1ccc(NC(=O)c2c(F)cccc2Cl)nc1. The second kappa shape index (κ2) is 5.77. The first-order valence-electron chi connectivity index (χ1n) is 5.52. The van der Waals surface area contributed by atoms with Crippen LogP contribution in [0.5, 0.6) is 0 Å². The standard InChI is InChI=1S/C13H11ClFN3O/c14-9-2-1-3-10(15)12(9)13(19)18-11-5-4-8(6-16)7-17-11/h1-5,7H,6,16H2,(H,17,18,19). The predicted molar refractivity (Wildman–Crippen MR) is 71.5 cm³/mol. The second-order valence-electron chi connectivity index (χ2n) is 3.81. The Bertz CT molecular complexity index is 581. The Kier molecular flexibility index (Phi) is 4.09. The molecule has 0 saturated carbocycles. The lowest BCUT2D eigenvalue weighted by molar-refractivity contribution is 0.102. The highest BCUT2D eigenvalue weighted by atomic mass is 35.5. The van der Waals surface area contributed by atoms with E-state index in [4.69, 9.17) is 17.3 Å². The number of anilines is 1. The molecule has 1 aromatic heterocycles. The maximum Gasteiger partial charge on any atom is 0.261 e. The minimum Gasteiger partial charge on any atom is -0.326 e. The number of carbonyl (C=O) groups is 1. The third-order valence-electron chi connectivity index (χ3n) is 2.49. The summed E-state index contributed by atoms with van der Waals surface area (Å²) >= 11 is 5.80. The molecule has 1 aromatic carbocycles. The van der Waals surface area contributed by atoms with Gasteiger partial charge >= 0.3 is 0 Å². The Labute approximate surface area is 114 Å². The van der Waals surface area contributed by atoms with Gasteiger partial charge in [-0.1, -0.05) is 23.7 Å². The van der Waals surface area contributed by atoms with Gasteiger partial charge in [0.25, 0.3) is 5.91 Å². The van der Waals surface area contributed by atoms with Crippen LogP contribution in [0.3, 0.4) is 0 Å². The number of carbonyl (C=O) groups excluding carboxylic acids is 1. The molecule has 0 aliphatic rings. The van der Waals surface area contributed by atoms with Gasteiger partial charge in [0.1, 0.15) is 11.6 Å². The highest BCUT2D eigenvalue weighted by molar-refractivity contribution is 6.34. The molecule has 0 aliphatic heterocycles. The van der Waals surface area contributed by atoms with Crippen LogP contribution in [0.4, 0.5) is 10.2 Å². The number of hydrogen-bond donors (Lipinski definition) is 2.